The molecule has 3 amide bonds. The Labute approximate surface area is 230 Å². The van der Waals surface area contributed by atoms with Gasteiger partial charge in [-0.15, -0.1) is 0 Å². The highest BCUT2D eigenvalue weighted by atomic mass is 16.6. The first-order valence-electron chi connectivity index (χ1n) is 14.2. The van der Waals surface area contributed by atoms with Crippen LogP contribution < -0.4 is 10.2 Å². The van der Waals surface area contributed by atoms with Crippen molar-refractivity contribution >= 4 is 29.7 Å². The minimum atomic E-state index is -0.977. The van der Waals surface area contributed by atoms with Crippen LogP contribution >= 0.6 is 0 Å². The molecule has 1 saturated carbocycles. The van der Waals surface area contributed by atoms with E-state index in [9.17, 15) is 19.5 Å². The number of benzene rings is 1. The Hall–Kier alpha value is -3.11. The summed E-state index contributed by atoms with van der Waals surface area (Å²) in [7, 11) is 0. The van der Waals surface area contributed by atoms with Crippen LogP contribution in [-0.4, -0.2) is 107 Å². The van der Waals surface area contributed by atoms with Gasteiger partial charge in [0.15, 0.2) is 6.23 Å². The number of aliphatic hydroxyl groups is 1. The number of para-hydroxylation sites is 1. The molecule has 2 bridgehead atoms. The van der Waals surface area contributed by atoms with Crippen LogP contribution in [0, 0.1) is 0 Å². The summed E-state index contributed by atoms with van der Waals surface area (Å²) in [5.41, 5.74) is 2.27. The Morgan fingerprint density at radius 2 is 1.69 bits per heavy atom. The van der Waals surface area contributed by atoms with Crippen molar-refractivity contribution in [3.05, 3.63) is 35.4 Å². The normalized spacial score (nSPS) is 26.5. The number of nitrogens with zero attached hydrogens (tertiary/aromatic N) is 4. The molecular weight excluding hydrogens is 498 g/mol. The standard InChI is InChI=1S/C29H41N5O5/c1-19(2)34-26-8-5-4-7-21(26)15-25(28(34)37)27(36)30-22-16-23-18-24(17-22)33(23)9-6-14-39-29(38)32-12-10-31(11-13-32)20(3)35/h4-5,7-8,15,19,22-24,28,37H,6,9-14,16-18H2,1-3H3,(H,30,36). The fraction of sp³-hybridized carbons (Fsp3) is 0.621. The number of anilines is 1. The molecule has 1 aromatic carbocycles. The summed E-state index contributed by atoms with van der Waals surface area (Å²) >= 11 is 0. The van der Waals surface area contributed by atoms with Gasteiger partial charge >= 0.3 is 6.09 Å². The number of hydrogen-bond acceptors (Lipinski definition) is 7. The number of rotatable bonds is 7. The van der Waals surface area contributed by atoms with Gasteiger partial charge in [-0.25, -0.2) is 4.79 Å². The van der Waals surface area contributed by atoms with E-state index in [4.69, 9.17) is 4.74 Å². The third kappa shape index (κ3) is 5.77. The molecule has 0 spiro atoms. The smallest absolute Gasteiger partial charge is 0.409 e. The quantitative estimate of drug-likeness (QED) is 0.511. The molecule has 3 saturated heterocycles. The minimum Gasteiger partial charge on any atom is -0.449 e. The van der Waals surface area contributed by atoms with E-state index in [-0.39, 0.29) is 30.0 Å². The van der Waals surface area contributed by atoms with E-state index in [2.05, 4.69) is 10.2 Å². The molecule has 4 aliphatic heterocycles. The van der Waals surface area contributed by atoms with Crippen molar-refractivity contribution in [1.29, 1.82) is 0 Å². The SMILES string of the molecule is CC(=O)N1CCN(C(=O)OCCCN2C3CC(NC(=O)C4=Cc5ccccc5N(C(C)C)C4O)CC2C3)CC1. The number of piperazine rings is 1. The maximum absolute atomic E-state index is 13.3. The second-order valence-corrected chi connectivity index (χ2v) is 11.4. The highest BCUT2D eigenvalue weighted by Gasteiger charge is 2.45. The maximum Gasteiger partial charge on any atom is 0.409 e. The number of carbonyl (C=O) groups is 3. The van der Waals surface area contributed by atoms with E-state index in [1.54, 1.807) is 16.7 Å². The van der Waals surface area contributed by atoms with Gasteiger partial charge < -0.3 is 29.9 Å². The van der Waals surface area contributed by atoms with Gasteiger partial charge in [0.1, 0.15) is 0 Å². The van der Waals surface area contributed by atoms with Gasteiger partial charge in [-0.3, -0.25) is 14.5 Å². The molecule has 3 atom stereocenters. The third-order valence-electron chi connectivity index (χ3n) is 8.59. The zero-order valence-electron chi connectivity index (χ0n) is 23.2. The van der Waals surface area contributed by atoms with Gasteiger partial charge in [-0.2, -0.15) is 0 Å². The molecule has 6 rings (SSSR count). The molecule has 1 aromatic rings. The first-order valence-corrected chi connectivity index (χ1v) is 14.2. The predicted molar refractivity (Wildman–Crippen MR) is 148 cm³/mol. The second-order valence-electron chi connectivity index (χ2n) is 11.4. The molecule has 10 nitrogen and oxygen atoms in total. The van der Waals surface area contributed by atoms with Gasteiger partial charge in [-0.05, 0) is 57.2 Å². The lowest BCUT2D eigenvalue weighted by molar-refractivity contribution is -0.130. The molecule has 1 aliphatic carbocycles. The van der Waals surface area contributed by atoms with Crippen LogP contribution in [0.2, 0.25) is 0 Å². The Balaban J connectivity index is 1.06. The van der Waals surface area contributed by atoms with Crippen molar-refractivity contribution in [2.24, 2.45) is 0 Å². The van der Waals surface area contributed by atoms with E-state index < -0.39 is 6.23 Å². The van der Waals surface area contributed by atoms with Gasteiger partial charge in [-0.1, -0.05) is 18.2 Å². The van der Waals surface area contributed by atoms with Crippen LogP contribution in [0.1, 0.15) is 52.0 Å². The first-order chi connectivity index (χ1) is 18.7. The van der Waals surface area contributed by atoms with E-state index in [0.717, 1.165) is 43.5 Å². The largest absolute Gasteiger partial charge is 0.449 e. The molecule has 2 N–H and O–H groups in total. The number of aliphatic hydroxyl groups excluding tert-OH is 1. The molecule has 3 unspecified atom stereocenters. The van der Waals surface area contributed by atoms with Crippen LogP contribution in [0.4, 0.5) is 10.5 Å². The Morgan fingerprint density at radius 1 is 1.03 bits per heavy atom. The topological polar surface area (TPSA) is 106 Å². The van der Waals surface area contributed by atoms with Crippen LogP contribution in [0.3, 0.4) is 0 Å². The molecule has 10 heteroatoms. The lowest BCUT2D eigenvalue weighted by Crippen LogP contribution is -2.64. The summed E-state index contributed by atoms with van der Waals surface area (Å²) in [6.45, 7) is 8.96. The third-order valence-corrected chi connectivity index (χ3v) is 8.59. The Kier molecular flexibility index (Phi) is 8.13. The number of ether oxygens (including phenoxy) is 1. The summed E-state index contributed by atoms with van der Waals surface area (Å²) in [5, 5.41) is 14.3. The van der Waals surface area contributed by atoms with Gasteiger partial charge in [0.25, 0.3) is 5.91 Å². The lowest BCUT2D eigenvalue weighted by Gasteiger charge is -2.55. The number of piperidine rings is 1. The van der Waals surface area contributed by atoms with E-state index in [1.165, 1.54) is 0 Å². The van der Waals surface area contributed by atoms with Crippen molar-refractivity contribution in [1.82, 2.24) is 20.0 Å². The van der Waals surface area contributed by atoms with Gasteiger partial charge in [0.05, 0.1) is 12.2 Å². The summed E-state index contributed by atoms with van der Waals surface area (Å²) < 4.78 is 5.49. The number of fused-ring (bicyclic) bond motifs is 3. The Bertz CT molecular complexity index is 1100. The van der Waals surface area contributed by atoms with Crippen LogP contribution in [0.25, 0.3) is 6.08 Å². The van der Waals surface area contributed by atoms with Crippen molar-refractivity contribution < 1.29 is 24.2 Å². The second kappa shape index (κ2) is 11.6. The first kappa shape index (κ1) is 27.5. The summed E-state index contributed by atoms with van der Waals surface area (Å²) in [4.78, 5) is 44.8. The molecule has 39 heavy (non-hydrogen) atoms. The van der Waals surface area contributed by atoms with Crippen molar-refractivity contribution in [3.63, 3.8) is 0 Å². The number of nitrogens with one attached hydrogen (secondary N) is 1. The van der Waals surface area contributed by atoms with Crippen LogP contribution in [-0.2, 0) is 14.3 Å². The predicted octanol–water partition coefficient (Wildman–Crippen LogP) is 2.03. The van der Waals surface area contributed by atoms with Gasteiger partial charge in [0.2, 0.25) is 5.91 Å². The van der Waals surface area contributed by atoms with Crippen LogP contribution in [0.5, 0.6) is 0 Å². The molecular formula is C29H41N5O5. The molecule has 0 radical (unpaired) electrons. The van der Waals surface area contributed by atoms with Crippen LogP contribution in [0.15, 0.2) is 29.8 Å². The van der Waals surface area contributed by atoms with Crippen molar-refractivity contribution in [3.8, 4) is 0 Å². The van der Waals surface area contributed by atoms with Crippen molar-refractivity contribution in [2.75, 3.05) is 44.2 Å². The highest BCUT2D eigenvalue weighted by molar-refractivity contribution is 6.01. The highest BCUT2D eigenvalue weighted by Crippen LogP contribution is 2.39. The number of hydrogen-bond donors (Lipinski definition) is 2. The Morgan fingerprint density at radius 3 is 2.36 bits per heavy atom. The monoisotopic (exact) mass is 539 g/mol. The zero-order chi connectivity index (χ0) is 27.7. The molecule has 0 aromatic heterocycles. The molecule has 4 fully saturated rings. The van der Waals surface area contributed by atoms with E-state index >= 15 is 0 Å². The van der Waals surface area contributed by atoms with Crippen molar-refractivity contribution in [2.45, 2.75) is 76.8 Å². The molecule has 5 aliphatic rings. The minimum absolute atomic E-state index is 0.0390. The fourth-order valence-corrected chi connectivity index (χ4v) is 6.53. The average Bonchev–Trinajstić information content (AvgIpc) is 2.92. The molecule has 4 heterocycles. The number of carbonyl (C=O) groups excluding carboxylic acids is 3. The summed E-state index contributed by atoms with van der Waals surface area (Å²) in [6.07, 6.45) is 4.21. The number of amides is 3. The summed E-state index contributed by atoms with van der Waals surface area (Å²) in [5.74, 6) is -0.159. The van der Waals surface area contributed by atoms with Gasteiger partial charge in [0, 0.05) is 69.5 Å². The zero-order valence-corrected chi connectivity index (χ0v) is 23.2. The average molecular weight is 540 g/mol. The molecule has 212 valence electrons. The fourth-order valence-electron chi connectivity index (χ4n) is 6.53. The van der Waals surface area contributed by atoms with E-state index in [1.807, 2.05) is 49.1 Å². The van der Waals surface area contributed by atoms with E-state index in [0.29, 0.717) is 50.4 Å². The maximum atomic E-state index is 13.3. The summed E-state index contributed by atoms with van der Waals surface area (Å²) in [6, 6.07) is 8.82. The lowest BCUT2D eigenvalue weighted by atomic mass is 9.76.